The monoisotopic (exact) mass is 465 g/mol. The van der Waals surface area contributed by atoms with Crippen molar-refractivity contribution in [3.05, 3.63) is 70.2 Å². The van der Waals surface area contributed by atoms with E-state index in [2.05, 4.69) is 4.98 Å². The van der Waals surface area contributed by atoms with Gasteiger partial charge in [0.05, 0.1) is 35.2 Å². The highest BCUT2D eigenvalue weighted by Crippen LogP contribution is 2.35. The molecule has 0 radical (unpaired) electrons. The Hall–Kier alpha value is -4.05. The summed E-state index contributed by atoms with van der Waals surface area (Å²) in [7, 11) is 2.90. The second-order valence-corrected chi connectivity index (χ2v) is 7.99. The molecule has 3 aromatic rings. The van der Waals surface area contributed by atoms with Gasteiger partial charge in [-0.05, 0) is 30.3 Å². The van der Waals surface area contributed by atoms with Gasteiger partial charge in [0.15, 0.2) is 5.13 Å². The zero-order valence-corrected chi connectivity index (χ0v) is 18.8. The standard InChI is InChI=1S/C23H19N3O6S/c1-13(27)26(18-6-4-5-7-19(18)31-3)23-24-15(12-33-23)11-32-22(30)14-8-9-16-17(10-14)21(29)25(2)20(16)28/h4-10,12H,11H2,1-3H3. The third-order valence-electron chi connectivity index (χ3n) is 5.05. The summed E-state index contributed by atoms with van der Waals surface area (Å²) in [5.41, 5.74) is 1.58. The number of carbonyl (C=O) groups is 4. The summed E-state index contributed by atoms with van der Waals surface area (Å²) in [6, 6.07) is 11.3. The fraction of sp³-hybridized carbons (Fsp3) is 0.174. The molecule has 0 unspecified atom stereocenters. The van der Waals surface area contributed by atoms with Crippen molar-refractivity contribution in [2.45, 2.75) is 13.5 Å². The van der Waals surface area contributed by atoms with E-state index in [1.54, 1.807) is 29.6 Å². The summed E-state index contributed by atoms with van der Waals surface area (Å²) in [4.78, 5) is 55.8. The molecule has 1 aromatic heterocycles. The minimum absolute atomic E-state index is 0.128. The van der Waals surface area contributed by atoms with Gasteiger partial charge < -0.3 is 9.47 Å². The van der Waals surface area contributed by atoms with E-state index in [0.717, 1.165) is 4.90 Å². The van der Waals surface area contributed by atoms with Crippen molar-refractivity contribution in [1.82, 2.24) is 9.88 Å². The molecule has 0 saturated heterocycles. The first-order chi connectivity index (χ1) is 15.8. The maximum Gasteiger partial charge on any atom is 0.338 e. The van der Waals surface area contributed by atoms with Crippen molar-refractivity contribution < 1.29 is 28.7 Å². The highest BCUT2D eigenvalue weighted by molar-refractivity contribution is 7.14. The molecule has 2 heterocycles. The van der Waals surface area contributed by atoms with Gasteiger partial charge in [-0.1, -0.05) is 12.1 Å². The van der Waals surface area contributed by atoms with Crippen molar-refractivity contribution >= 4 is 45.8 Å². The number of methoxy groups -OCH3 is 1. The van der Waals surface area contributed by atoms with Gasteiger partial charge in [-0.25, -0.2) is 9.78 Å². The molecule has 0 fully saturated rings. The zero-order valence-electron chi connectivity index (χ0n) is 18.0. The van der Waals surface area contributed by atoms with Crippen LogP contribution in [0.2, 0.25) is 0 Å². The Balaban J connectivity index is 1.49. The number of imide groups is 1. The maximum absolute atomic E-state index is 12.5. The second kappa shape index (κ2) is 8.83. The van der Waals surface area contributed by atoms with E-state index in [0.29, 0.717) is 22.3 Å². The number of esters is 1. The summed E-state index contributed by atoms with van der Waals surface area (Å²) in [6.07, 6.45) is 0. The summed E-state index contributed by atoms with van der Waals surface area (Å²) < 4.78 is 10.7. The Labute approximate surface area is 193 Å². The molecule has 0 aliphatic carbocycles. The molecular formula is C23H19N3O6S. The van der Waals surface area contributed by atoms with Gasteiger partial charge in [0.1, 0.15) is 12.4 Å². The van der Waals surface area contributed by atoms with Crippen LogP contribution in [0.1, 0.15) is 43.7 Å². The Morgan fingerprint density at radius 2 is 1.82 bits per heavy atom. The predicted octanol–water partition coefficient (Wildman–Crippen LogP) is 3.42. The largest absolute Gasteiger partial charge is 0.495 e. The minimum atomic E-state index is -0.657. The van der Waals surface area contributed by atoms with Gasteiger partial charge in [-0.2, -0.15) is 0 Å². The molecule has 3 amide bonds. The van der Waals surface area contributed by atoms with Crippen LogP contribution in [0.4, 0.5) is 10.8 Å². The minimum Gasteiger partial charge on any atom is -0.495 e. The van der Waals surface area contributed by atoms with Crippen molar-refractivity contribution in [2.75, 3.05) is 19.1 Å². The normalized spacial score (nSPS) is 12.5. The molecule has 0 N–H and O–H groups in total. The summed E-state index contributed by atoms with van der Waals surface area (Å²) in [5, 5.41) is 2.09. The van der Waals surface area contributed by atoms with Gasteiger partial charge in [0.2, 0.25) is 5.91 Å². The highest BCUT2D eigenvalue weighted by atomic mass is 32.1. The van der Waals surface area contributed by atoms with E-state index in [1.165, 1.54) is 55.5 Å². The lowest BCUT2D eigenvalue weighted by molar-refractivity contribution is -0.115. The number of anilines is 2. The van der Waals surface area contributed by atoms with Gasteiger partial charge in [-0.15, -0.1) is 11.3 Å². The topological polar surface area (TPSA) is 106 Å². The molecule has 0 saturated carbocycles. The fourth-order valence-corrected chi connectivity index (χ4v) is 4.26. The molecule has 168 valence electrons. The summed E-state index contributed by atoms with van der Waals surface area (Å²) in [5.74, 6) is -1.26. The van der Waals surface area contributed by atoms with Gasteiger partial charge in [0.25, 0.3) is 11.8 Å². The first-order valence-electron chi connectivity index (χ1n) is 9.83. The van der Waals surface area contributed by atoms with Crippen LogP contribution < -0.4 is 9.64 Å². The van der Waals surface area contributed by atoms with Crippen molar-refractivity contribution in [1.29, 1.82) is 0 Å². The quantitative estimate of drug-likeness (QED) is 0.406. The summed E-state index contributed by atoms with van der Waals surface area (Å²) in [6.45, 7) is 1.29. The number of fused-ring (bicyclic) bond motifs is 1. The van der Waals surface area contributed by atoms with Crippen LogP contribution >= 0.6 is 11.3 Å². The number of hydrogen-bond donors (Lipinski definition) is 0. The third kappa shape index (κ3) is 4.08. The average molecular weight is 465 g/mol. The lowest BCUT2D eigenvalue weighted by atomic mass is 10.1. The van der Waals surface area contributed by atoms with Crippen molar-refractivity contribution in [2.24, 2.45) is 0 Å². The first-order valence-corrected chi connectivity index (χ1v) is 10.7. The van der Waals surface area contributed by atoms with E-state index >= 15 is 0 Å². The maximum atomic E-state index is 12.5. The predicted molar refractivity (Wildman–Crippen MR) is 120 cm³/mol. The Morgan fingerprint density at radius 3 is 2.55 bits per heavy atom. The van der Waals surface area contributed by atoms with Crippen LogP contribution in [0.15, 0.2) is 47.8 Å². The molecule has 0 atom stereocenters. The molecule has 1 aliphatic rings. The van der Waals surface area contributed by atoms with Gasteiger partial charge in [-0.3, -0.25) is 24.2 Å². The Kier molecular flexibility index (Phi) is 5.93. The number of aromatic nitrogens is 1. The van der Waals surface area contributed by atoms with E-state index in [-0.39, 0.29) is 29.2 Å². The molecule has 9 nitrogen and oxygen atoms in total. The Morgan fingerprint density at radius 1 is 1.09 bits per heavy atom. The van der Waals surface area contributed by atoms with Crippen LogP contribution in [0.5, 0.6) is 5.75 Å². The van der Waals surface area contributed by atoms with E-state index in [9.17, 15) is 19.2 Å². The van der Waals surface area contributed by atoms with Crippen molar-refractivity contribution in [3.63, 3.8) is 0 Å². The van der Waals surface area contributed by atoms with Crippen LogP contribution in [0.3, 0.4) is 0 Å². The number of thiazole rings is 1. The van der Waals surface area contributed by atoms with E-state index < -0.39 is 17.8 Å². The zero-order chi connectivity index (χ0) is 23.7. The molecule has 33 heavy (non-hydrogen) atoms. The van der Waals surface area contributed by atoms with Crippen LogP contribution in [-0.2, 0) is 16.1 Å². The smallest absolute Gasteiger partial charge is 0.338 e. The highest BCUT2D eigenvalue weighted by Gasteiger charge is 2.33. The third-order valence-corrected chi connectivity index (χ3v) is 5.92. The lowest BCUT2D eigenvalue weighted by Gasteiger charge is -2.20. The number of nitrogens with zero attached hydrogens (tertiary/aromatic N) is 3. The van der Waals surface area contributed by atoms with Crippen molar-refractivity contribution in [3.8, 4) is 5.75 Å². The van der Waals surface area contributed by atoms with Crippen LogP contribution in [0, 0.1) is 0 Å². The number of ether oxygens (including phenoxy) is 2. The number of para-hydroxylation sites is 2. The molecule has 0 bridgehead atoms. The van der Waals surface area contributed by atoms with Gasteiger partial charge in [0, 0.05) is 19.4 Å². The number of amides is 3. The van der Waals surface area contributed by atoms with Gasteiger partial charge >= 0.3 is 5.97 Å². The summed E-state index contributed by atoms with van der Waals surface area (Å²) >= 11 is 1.22. The van der Waals surface area contributed by atoms with Crippen LogP contribution in [-0.4, -0.2) is 47.7 Å². The molecular weight excluding hydrogens is 446 g/mol. The molecule has 1 aliphatic heterocycles. The van der Waals surface area contributed by atoms with E-state index in [4.69, 9.17) is 9.47 Å². The molecule has 4 rings (SSSR count). The lowest BCUT2D eigenvalue weighted by Crippen LogP contribution is -2.24. The fourth-order valence-electron chi connectivity index (χ4n) is 3.40. The van der Waals surface area contributed by atoms with Crippen LogP contribution in [0.25, 0.3) is 0 Å². The first kappa shape index (κ1) is 22.2. The SMILES string of the molecule is COc1ccccc1N(C(C)=O)c1nc(COC(=O)c2ccc3c(c2)C(=O)N(C)C3=O)cs1. The Bertz CT molecular complexity index is 1280. The second-order valence-electron chi connectivity index (χ2n) is 7.15. The molecule has 2 aromatic carbocycles. The number of hydrogen-bond acceptors (Lipinski definition) is 8. The number of rotatable bonds is 6. The van der Waals surface area contributed by atoms with E-state index in [1.807, 2.05) is 0 Å². The molecule has 0 spiro atoms. The molecule has 10 heteroatoms. The average Bonchev–Trinajstić information content (AvgIpc) is 3.36. The number of carbonyl (C=O) groups excluding carboxylic acids is 4. The number of benzene rings is 2.